The van der Waals surface area contributed by atoms with Crippen LogP contribution in [0.1, 0.15) is 37.7 Å². The van der Waals surface area contributed by atoms with E-state index in [-0.39, 0.29) is 11.3 Å². The summed E-state index contributed by atoms with van der Waals surface area (Å²) in [5.41, 5.74) is 1.10. The van der Waals surface area contributed by atoms with Gasteiger partial charge in [0.05, 0.1) is 11.5 Å². The van der Waals surface area contributed by atoms with Gasteiger partial charge in [-0.1, -0.05) is 23.7 Å². The van der Waals surface area contributed by atoms with Crippen molar-refractivity contribution in [1.29, 1.82) is 0 Å². The molecule has 110 valence electrons. The molecule has 1 N–H and O–H groups in total. The Morgan fingerprint density at radius 3 is 2.45 bits per heavy atom. The van der Waals surface area contributed by atoms with Gasteiger partial charge in [0, 0.05) is 16.6 Å². The second-order valence-corrected chi connectivity index (χ2v) is 9.08. The van der Waals surface area contributed by atoms with Crippen LogP contribution in [0, 0.1) is 0 Å². The molecule has 1 aromatic carbocycles. The van der Waals surface area contributed by atoms with Gasteiger partial charge in [0.15, 0.2) is 9.84 Å². The van der Waals surface area contributed by atoms with Crippen LogP contribution in [-0.4, -0.2) is 31.5 Å². The van der Waals surface area contributed by atoms with Gasteiger partial charge in [-0.25, -0.2) is 8.42 Å². The highest BCUT2D eigenvalue weighted by Crippen LogP contribution is 2.39. The number of benzene rings is 1. The van der Waals surface area contributed by atoms with Gasteiger partial charge >= 0.3 is 0 Å². The first-order valence-corrected chi connectivity index (χ1v) is 9.29. The predicted octanol–water partition coefficient (Wildman–Crippen LogP) is 2.75. The summed E-state index contributed by atoms with van der Waals surface area (Å²) in [5, 5.41) is 4.32. The summed E-state index contributed by atoms with van der Waals surface area (Å²) in [7, 11) is -2.83. The quantitative estimate of drug-likeness (QED) is 0.933. The summed E-state index contributed by atoms with van der Waals surface area (Å²) in [4.78, 5) is 0. The smallest absolute Gasteiger partial charge is 0.152 e. The number of halogens is 1. The van der Waals surface area contributed by atoms with E-state index in [0.29, 0.717) is 17.7 Å². The summed E-state index contributed by atoms with van der Waals surface area (Å²) in [6.45, 7) is 2.03. The van der Waals surface area contributed by atoms with Gasteiger partial charge < -0.3 is 5.32 Å². The van der Waals surface area contributed by atoms with E-state index < -0.39 is 9.84 Å². The van der Waals surface area contributed by atoms with Gasteiger partial charge in [-0.15, -0.1) is 0 Å². The van der Waals surface area contributed by atoms with Gasteiger partial charge in [-0.05, 0) is 49.8 Å². The van der Waals surface area contributed by atoms with Crippen LogP contribution in [0.25, 0.3) is 0 Å². The Labute approximate surface area is 125 Å². The molecule has 1 aliphatic heterocycles. The number of sulfone groups is 1. The molecule has 2 aliphatic rings. The van der Waals surface area contributed by atoms with Crippen molar-refractivity contribution in [3.8, 4) is 0 Å². The van der Waals surface area contributed by atoms with E-state index in [1.54, 1.807) is 0 Å². The molecule has 0 aromatic heterocycles. The van der Waals surface area contributed by atoms with Gasteiger partial charge in [0.25, 0.3) is 0 Å². The highest BCUT2D eigenvalue weighted by atomic mass is 35.5. The minimum absolute atomic E-state index is 0.228. The van der Waals surface area contributed by atoms with Crippen LogP contribution < -0.4 is 5.32 Å². The lowest BCUT2D eigenvalue weighted by molar-refractivity contribution is 0.227. The fourth-order valence-electron chi connectivity index (χ4n) is 3.36. The summed E-state index contributed by atoms with van der Waals surface area (Å²) in [6, 6.07) is 8.48. The predicted molar refractivity (Wildman–Crippen MR) is 82.0 cm³/mol. The maximum atomic E-state index is 11.6. The molecule has 20 heavy (non-hydrogen) atoms. The molecule has 0 bridgehead atoms. The number of hydrogen-bond acceptors (Lipinski definition) is 3. The molecule has 1 atom stereocenters. The van der Waals surface area contributed by atoms with E-state index in [1.807, 2.05) is 19.1 Å². The normalized spacial score (nSPS) is 35.7. The van der Waals surface area contributed by atoms with Gasteiger partial charge in [0.1, 0.15) is 0 Å². The molecule has 1 aromatic rings. The van der Waals surface area contributed by atoms with Crippen molar-refractivity contribution < 1.29 is 8.42 Å². The first kappa shape index (κ1) is 14.4. The van der Waals surface area contributed by atoms with Crippen LogP contribution in [0.3, 0.4) is 0 Å². The van der Waals surface area contributed by atoms with E-state index in [1.165, 1.54) is 5.56 Å². The van der Waals surface area contributed by atoms with E-state index in [4.69, 9.17) is 11.6 Å². The third-order valence-corrected chi connectivity index (χ3v) is 6.69. The zero-order chi connectivity index (χ0) is 14.4. The molecule has 2 fully saturated rings. The summed E-state index contributed by atoms with van der Waals surface area (Å²) in [5.74, 6) is 1.18. The molecule has 0 amide bonds. The van der Waals surface area contributed by atoms with Gasteiger partial charge in [-0.3, -0.25) is 0 Å². The molecule has 1 saturated heterocycles. The molecule has 0 radical (unpaired) electrons. The van der Waals surface area contributed by atoms with E-state index in [2.05, 4.69) is 17.4 Å². The Morgan fingerprint density at radius 2 is 1.90 bits per heavy atom. The number of rotatable bonds is 3. The van der Waals surface area contributed by atoms with Crippen molar-refractivity contribution in [2.45, 2.75) is 43.7 Å². The monoisotopic (exact) mass is 313 g/mol. The fourth-order valence-corrected chi connectivity index (χ4v) is 5.59. The van der Waals surface area contributed by atoms with Crippen molar-refractivity contribution in [2.75, 3.05) is 11.5 Å². The van der Waals surface area contributed by atoms with E-state index in [0.717, 1.165) is 24.3 Å². The molecule has 1 saturated carbocycles. The number of hydrogen-bond donors (Lipinski definition) is 1. The van der Waals surface area contributed by atoms with Crippen molar-refractivity contribution >= 4 is 21.4 Å². The van der Waals surface area contributed by atoms with Gasteiger partial charge in [0.2, 0.25) is 0 Å². The summed E-state index contributed by atoms with van der Waals surface area (Å²) >= 11 is 5.90. The largest absolute Gasteiger partial charge is 0.308 e. The van der Waals surface area contributed by atoms with Crippen LogP contribution >= 0.6 is 11.6 Å². The molecule has 1 aliphatic carbocycles. The fraction of sp³-hybridized carbons (Fsp3) is 0.600. The van der Waals surface area contributed by atoms with Crippen molar-refractivity contribution in [2.24, 2.45) is 0 Å². The Hall–Kier alpha value is -0.580. The zero-order valence-electron chi connectivity index (χ0n) is 11.6. The molecular formula is C15H20ClNO2S. The van der Waals surface area contributed by atoms with Crippen molar-refractivity contribution in [3.05, 3.63) is 34.9 Å². The van der Waals surface area contributed by atoms with Crippen LogP contribution in [0.15, 0.2) is 24.3 Å². The van der Waals surface area contributed by atoms with Crippen LogP contribution in [-0.2, 0) is 9.84 Å². The standard InChI is InChI=1S/C15H20ClNO2S/c1-15(6-7-20(18,19)10-15)17-14-8-12(9-14)11-2-4-13(16)5-3-11/h2-5,12,14,17H,6-10H2,1H3. The highest BCUT2D eigenvalue weighted by Gasteiger charge is 2.42. The van der Waals surface area contributed by atoms with Crippen LogP contribution in [0.2, 0.25) is 5.02 Å². The molecule has 3 nitrogen and oxygen atoms in total. The lowest BCUT2D eigenvalue weighted by Crippen LogP contribution is -2.53. The second-order valence-electron chi connectivity index (χ2n) is 6.46. The Balaban J connectivity index is 1.55. The first-order valence-electron chi connectivity index (χ1n) is 7.09. The average molecular weight is 314 g/mol. The Kier molecular flexibility index (Phi) is 3.59. The Morgan fingerprint density at radius 1 is 1.25 bits per heavy atom. The SMILES string of the molecule is CC1(NC2CC(c3ccc(Cl)cc3)C2)CCS(=O)(=O)C1. The van der Waals surface area contributed by atoms with E-state index >= 15 is 0 Å². The molecular weight excluding hydrogens is 294 g/mol. The maximum absolute atomic E-state index is 11.6. The maximum Gasteiger partial charge on any atom is 0.152 e. The van der Waals surface area contributed by atoms with E-state index in [9.17, 15) is 8.42 Å². The average Bonchev–Trinajstić information content (AvgIpc) is 2.60. The summed E-state index contributed by atoms with van der Waals surface area (Å²) < 4.78 is 23.2. The third-order valence-electron chi connectivity index (χ3n) is 4.54. The summed E-state index contributed by atoms with van der Waals surface area (Å²) in [6.07, 6.45) is 2.89. The second kappa shape index (κ2) is 5.00. The van der Waals surface area contributed by atoms with Crippen LogP contribution in [0.4, 0.5) is 0 Å². The molecule has 1 unspecified atom stereocenters. The van der Waals surface area contributed by atoms with Crippen molar-refractivity contribution in [3.63, 3.8) is 0 Å². The molecule has 3 rings (SSSR count). The van der Waals surface area contributed by atoms with Gasteiger partial charge in [-0.2, -0.15) is 0 Å². The Bertz CT molecular complexity index is 593. The minimum atomic E-state index is -2.83. The highest BCUT2D eigenvalue weighted by molar-refractivity contribution is 7.91. The van der Waals surface area contributed by atoms with Crippen molar-refractivity contribution in [1.82, 2.24) is 5.32 Å². The number of nitrogens with one attached hydrogen (secondary N) is 1. The molecule has 0 spiro atoms. The lowest BCUT2D eigenvalue weighted by atomic mass is 9.75. The molecule has 5 heteroatoms. The zero-order valence-corrected chi connectivity index (χ0v) is 13.2. The third kappa shape index (κ3) is 3.02. The van der Waals surface area contributed by atoms with Crippen LogP contribution in [0.5, 0.6) is 0 Å². The lowest BCUT2D eigenvalue weighted by Gasteiger charge is -2.41. The first-order chi connectivity index (χ1) is 9.35. The molecule has 1 heterocycles. The topological polar surface area (TPSA) is 46.2 Å². The minimum Gasteiger partial charge on any atom is -0.308 e.